The molecule has 2 radical (unpaired) electrons. The van der Waals surface area contributed by atoms with Crippen molar-refractivity contribution in [1.29, 1.82) is 0 Å². The van der Waals surface area contributed by atoms with Gasteiger partial charge in [-0.05, 0) is 23.4 Å². The Bertz CT molecular complexity index is 580. The third kappa shape index (κ3) is 4.19. The van der Waals surface area contributed by atoms with Gasteiger partial charge in [-0.15, -0.1) is 0 Å². The Kier molecular flexibility index (Phi) is 6.87. The molecule has 1 aliphatic rings. The van der Waals surface area contributed by atoms with Gasteiger partial charge in [-0.3, -0.25) is 4.79 Å². The summed E-state index contributed by atoms with van der Waals surface area (Å²) in [5.74, 6) is -0.619. The molecule has 1 aromatic rings. The van der Waals surface area contributed by atoms with Gasteiger partial charge in [0.15, 0.2) is 5.82 Å². The molecule has 0 saturated carbocycles. The van der Waals surface area contributed by atoms with Crippen LogP contribution in [0.3, 0.4) is 0 Å². The van der Waals surface area contributed by atoms with Crippen LogP contribution in [0.4, 0.5) is 5.69 Å². The molecule has 0 aromatic heterocycles. The topological polar surface area (TPSA) is 69.8 Å². The summed E-state index contributed by atoms with van der Waals surface area (Å²) in [7, 11) is 0. The Morgan fingerprint density at radius 3 is 2.48 bits per heavy atom. The maximum absolute atomic E-state index is 12.2. The average Bonchev–Trinajstić information content (AvgIpc) is 2.33. The van der Waals surface area contributed by atoms with Crippen LogP contribution in [0.1, 0.15) is 31.1 Å². The number of nitrogens with zero attached hydrogens (tertiary/aromatic N) is 3. The van der Waals surface area contributed by atoms with E-state index in [9.17, 15) is 9.90 Å². The number of benzene rings is 1. The van der Waals surface area contributed by atoms with E-state index in [1.165, 1.54) is 0 Å². The zero-order valence-corrected chi connectivity index (χ0v) is 13.2. The molecule has 0 bridgehead atoms. The molecule has 0 atom stereocenters. The van der Waals surface area contributed by atoms with Gasteiger partial charge < -0.3 is 5.11 Å². The minimum Gasteiger partial charge on any atom is -0.860 e. The molecule has 1 aliphatic heterocycles. The van der Waals surface area contributed by atoms with Gasteiger partial charge in [-0.25, -0.2) is 5.32 Å². The number of amides is 1. The SMILES string of the molecule is C=C1[N]c2ccccc2C(=O)N1N=C([O-])C(C)(C)C.[Li+].[Li]. The van der Waals surface area contributed by atoms with Gasteiger partial charge in [0.2, 0.25) is 0 Å². The summed E-state index contributed by atoms with van der Waals surface area (Å²) in [5.41, 5.74) is 0.310. The van der Waals surface area contributed by atoms with Crippen LogP contribution in [-0.2, 0) is 0 Å². The molecule has 5 nitrogen and oxygen atoms in total. The van der Waals surface area contributed by atoms with Crippen LogP contribution < -0.4 is 29.3 Å². The van der Waals surface area contributed by atoms with E-state index in [2.05, 4.69) is 17.0 Å². The zero-order valence-electron chi connectivity index (χ0n) is 13.2. The molecule has 1 heterocycles. The summed E-state index contributed by atoms with van der Waals surface area (Å²) in [5, 5.41) is 20.9. The minimum absolute atomic E-state index is 0. The standard InChI is InChI=1S/C14H16N3O2.2Li/c1-9-15-11-8-6-5-7-10(11)12(18)17(9)16-13(19)14(2,3)4;;/h5-8H,1H2,2-4H3,(H,16,19);;/q;;+1/p-1. The van der Waals surface area contributed by atoms with Crippen LogP contribution in [-0.4, -0.2) is 35.7 Å². The largest absolute Gasteiger partial charge is 1.00 e. The summed E-state index contributed by atoms with van der Waals surface area (Å²) in [4.78, 5) is 12.2. The van der Waals surface area contributed by atoms with Gasteiger partial charge in [0, 0.05) is 18.9 Å². The smallest absolute Gasteiger partial charge is 0.860 e. The normalized spacial score (nSPS) is 14.6. The second-order valence-corrected chi connectivity index (χ2v) is 5.32. The van der Waals surface area contributed by atoms with Crippen molar-refractivity contribution >= 4 is 36.4 Å². The Morgan fingerprint density at radius 1 is 1.33 bits per heavy atom. The second kappa shape index (κ2) is 7.25. The van der Waals surface area contributed by atoms with Crippen molar-refractivity contribution in [3.05, 3.63) is 42.2 Å². The van der Waals surface area contributed by atoms with E-state index in [-0.39, 0.29) is 49.4 Å². The monoisotopic (exact) mass is 271 g/mol. The van der Waals surface area contributed by atoms with Gasteiger partial charge in [0.05, 0.1) is 11.3 Å². The number of carbonyl (C=O) groups is 1. The first-order valence-electron chi connectivity index (χ1n) is 5.91. The Labute approximate surface area is 148 Å². The minimum atomic E-state index is -0.655. The average molecular weight is 271 g/mol. The first-order valence-corrected chi connectivity index (χ1v) is 5.91. The van der Waals surface area contributed by atoms with E-state index in [1.807, 2.05) is 0 Å². The zero-order chi connectivity index (χ0) is 14.2. The summed E-state index contributed by atoms with van der Waals surface area (Å²) in [6, 6.07) is 6.90. The molecule has 0 N–H and O–H groups in total. The van der Waals surface area contributed by atoms with Gasteiger partial charge in [-0.1, -0.05) is 39.5 Å². The first-order chi connectivity index (χ1) is 8.80. The van der Waals surface area contributed by atoms with Crippen LogP contribution in [0, 0.1) is 5.41 Å². The number of carbonyl (C=O) groups excluding carboxylic acids is 1. The summed E-state index contributed by atoms with van der Waals surface area (Å²) < 4.78 is 0. The van der Waals surface area contributed by atoms with Gasteiger partial charge >= 0.3 is 18.9 Å². The number of hydrogen-bond donors (Lipinski definition) is 0. The molecular weight excluding hydrogens is 256 g/mol. The first kappa shape index (κ1) is 19.9. The van der Waals surface area contributed by atoms with E-state index < -0.39 is 11.3 Å². The Morgan fingerprint density at radius 2 is 1.90 bits per heavy atom. The molecular formula is C14H15Li2N3O2. The Hall–Kier alpha value is -1.11. The maximum Gasteiger partial charge on any atom is 1.00 e. The molecule has 7 heteroatoms. The van der Waals surface area contributed by atoms with Crippen molar-refractivity contribution < 1.29 is 28.8 Å². The molecule has 21 heavy (non-hydrogen) atoms. The van der Waals surface area contributed by atoms with Crippen molar-refractivity contribution in [3.8, 4) is 0 Å². The predicted octanol–water partition coefficient (Wildman–Crippen LogP) is -1.81. The van der Waals surface area contributed by atoms with Crippen molar-refractivity contribution in [2.45, 2.75) is 20.8 Å². The van der Waals surface area contributed by atoms with E-state index in [0.29, 0.717) is 11.3 Å². The fourth-order valence-electron chi connectivity index (χ4n) is 1.51. The predicted molar refractivity (Wildman–Crippen MR) is 76.2 cm³/mol. The number of para-hydroxylation sites is 1. The number of hydrogen-bond acceptors (Lipinski definition) is 3. The van der Waals surface area contributed by atoms with Crippen LogP contribution >= 0.6 is 0 Å². The third-order valence-corrected chi connectivity index (χ3v) is 2.65. The van der Waals surface area contributed by atoms with Crippen molar-refractivity contribution in [2.75, 3.05) is 0 Å². The van der Waals surface area contributed by atoms with E-state index in [0.717, 1.165) is 5.01 Å². The molecule has 0 saturated heterocycles. The van der Waals surface area contributed by atoms with Gasteiger partial charge in [0.1, 0.15) is 0 Å². The summed E-state index contributed by atoms with van der Waals surface area (Å²) in [6.07, 6.45) is 0. The molecule has 2 rings (SSSR count). The van der Waals surface area contributed by atoms with Gasteiger partial charge in [0.25, 0.3) is 5.91 Å². The quantitative estimate of drug-likeness (QED) is 0.343. The summed E-state index contributed by atoms with van der Waals surface area (Å²) in [6.45, 7) is 8.88. The van der Waals surface area contributed by atoms with E-state index >= 15 is 0 Å². The number of rotatable bonds is 1. The number of hydrazone groups is 1. The molecule has 0 unspecified atom stereocenters. The molecule has 0 spiro atoms. The van der Waals surface area contributed by atoms with E-state index in [4.69, 9.17) is 0 Å². The third-order valence-electron chi connectivity index (χ3n) is 2.65. The number of fused-ring (bicyclic) bond motifs is 1. The fourth-order valence-corrected chi connectivity index (χ4v) is 1.51. The van der Waals surface area contributed by atoms with Gasteiger partial charge in [-0.2, -0.15) is 10.1 Å². The molecule has 1 aromatic carbocycles. The molecule has 0 fully saturated rings. The van der Waals surface area contributed by atoms with Crippen LogP contribution in [0.2, 0.25) is 0 Å². The fraction of sp³-hybridized carbons (Fsp3) is 0.286. The van der Waals surface area contributed by atoms with Crippen LogP contribution in [0.5, 0.6) is 0 Å². The molecule has 0 aliphatic carbocycles. The Balaban J connectivity index is 0.00000200. The van der Waals surface area contributed by atoms with Crippen molar-refractivity contribution in [2.24, 2.45) is 10.5 Å². The summed E-state index contributed by atoms with van der Waals surface area (Å²) >= 11 is 0. The second-order valence-electron chi connectivity index (χ2n) is 5.32. The maximum atomic E-state index is 12.2. The van der Waals surface area contributed by atoms with Crippen molar-refractivity contribution in [1.82, 2.24) is 10.3 Å². The van der Waals surface area contributed by atoms with Crippen LogP contribution in [0.15, 0.2) is 41.8 Å². The molecule has 1 amide bonds. The van der Waals surface area contributed by atoms with Crippen LogP contribution in [0.25, 0.3) is 0 Å². The van der Waals surface area contributed by atoms with E-state index in [1.54, 1.807) is 45.0 Å². The molecule has 100 valence electrons. The van der Waals surface area contributed by atoms with Crippen molar-refractivity contribution in [3.63, 3.8) is 0 Å².